The molecule has 2 aromatic carbocycles. The molecule has 0 bridgehead atoms. The third kappa shape index (κ3) is 2.56. The summed E-state index contributed by atoms with van der Waals surface area (Å²) in [6.07, 6.45) is 0.916. The van der Waals surface area contributed by atoms with E-state index in [1.54, 1.807) is 12.1 Å². The van der Waals surface area contributed by atoms with E-state index in [0.717, 1.165) is 35.1 Å². The van der Waals surface area contributed by atoms with Crippen molar-refractivity contribution in [2.45, 2.75) is 13.0 Å². The molecule has 0 saturated carbocycles. The molecule has 0 amide bonds. The monoisotopic (exact) mass is 284 g/mol. The second kappa shape index (κ2) is 5.44. The standard InChI is InChI=1S/C16H13ClN2O/c17-14-7-12-5-6-20-16(12)13(8-14)10-19-15-3-1-11(9-18)2-4-15/h1-4,7-8,19H,5-6,10H2. The van der Waals surface area contributed by atoms with Crippen molar-refractivity contribution in [3.05, 3.63) is 58.1 Å². The van der Waals surface area contributed by atoms with Crippen molar-refractivity contribution in [2.24, 2.45) is 0 Å². The molecule has 1 aliphatic rings. The molecule has 100 valence electrons. The lowest BCUT2D eigenvalue weighted by molar-refractivity contribution is 0.354. The Morgan fingerprint density at radius 2 is 2.05 bits per heavy atom. The maximum atomic E-state index is 8.77. The van der Waals surface area contributed by atoms with E-state index in [0.29, 0.717) is 12.1 Å². The van der Waals surface area contributed by atoms with Crippen molar-refractivity contribution < 1.29 is 4.74 Å². The van der Waals surface area contributed by atoms with Crippen LogP contribution in [0.25, 0.3) is 0 Å². The van der Waals surface area contributed by atoms with Crippen LogP contribution in [0.4, 0.5) is 5.69 Å². The van der Waals surface area contributed by atoms with E-state index in [1.165, 1.54) is 5.56 Å². The number of hydrogen-bond donors (Lipinski definition) is 1. The van der Waals surface area contributed by atoms with Gasteiger partial charge in [0.25, 0.3) is 0 Å². The second-order valence-electron chi connectivity index (χ2n) is 4.69. The SMILES string of the molecule is N#Cc1ccc(NCc2cc(Cl)cc3c2OCC3)cc1. The first-order valence-electron chi connectivity index (χ1n) is 6.44. The molecule has 0 atom stereocenters. The molecule has 0 aliphatic carbocycles. The van der Waals surface area contributed by atoms with Crippen LogP contribution in [0.5, 0.6) is 5.75 Å². The molecule has 20 heavy (non-hydrogen) atoms. The Hall–Kier alpha value is -2.18. The van der Waals surface area contributed by atoms with Gasteiger partial charge in [0.05, 0.1) is 18.2 Å². The van der Waals surface area contributed by atoms with Crippen LogP contribution in [0.2, 0.25) is 5.02 Å². The highest BCUT2D eigenvalue weighted by molar-refractivity contribution is 6.30. The lowest BCUT2D eigenvalue weighted by atomic mass is 10.1. The van der Waals surface area contributed by atoms with E-state index in [-0.39, 0.29) is 0 Å². The minimum atomic E-state index is 0.648. The normalized spacial score (nSPS) is 12.4. The number of nitriles is 1. The second-order valence-corrected chi connectivity index (χ2v) is 5.13. The van der Waals surface area contributed by atoms with E-state index in [2.05, 4.69) is 11.4 Å². The van der Waals surface area contributed by atoms with Crippen molar-refractivity contribution in [1.29, 1.82) is 5.26 Å². The molecular formula is C16H13ClN2O. The summed E-state index contributed by atoms with van der Waals surface area (Å²) in [5.41, 5.74) is 3.86. The molecule has 0 saturated heterocycles. The Labute approximate surface area is 122 Å². The number of nitrogens with one attached hydrogen (secondary N) is 1. The summed E-state index contributed by atoms with van der Waals surface area (Å²) in [5, 5.41) is 12.8. The number of benzene rings is 2. The highest BCUT2D eigenvalue weighted by atomic mass is 35.5. The van der Waals surface area contributed by atoms with E-state index in [9.17, 15) is 0 Å². The topological polar surface area (TPSA) is 45.0 Å². The fourth-order valence-corrected chi connectivity index (χ4v) is 2.60. The first kappa shape index (κ1) is 12.8. The first-order chi connectivity index (χ1) is 9.76. The van der Waals surface area contributed by atoms with E-state index in [4.69, 9.17) is 21.6 Å². The minimum absolute atomic E-state index is 0.648. The van der Waals surface area contributed by atoms with E-state index < -0.39 is 0 Å². The molecular weight excluding hydrogens is 272 g/mol. The summed E-state index contributed by atoms with van der Waals surface area (Å²) in [6.45, 7) is 1.37. The van der Waals surface area contributed by atoms with Crippen molar-refractivity contribution in [3.8, 4) is 11.8 Å². The van der Waals surface area contributed by atoms with Crippen molar-refractivity contribution >= 4 is 17.3 Å². The van der Waals surface area contributed by atoms with E-state index in [1.807, 2.05) is 24.3 Å². The zero-order valence-corrected chi connectivity index (χ0v) is 11.6. The first-order valence-corrected chi connectivity index (χ1v) is 6.82. The van der Waals surface area contributed by atoms with Gasteiger partial charge in [-0.2, -0.15) is 5.26 Å². The largest absolute Gasteiger partial charge is 0.493 e. The van der Waals surface area contributed by atoms with Gasteiger partial charge < -0.3 is 10.1 Å². The Kier molecular flexibility index (Phi) is 3.49. The molecule has 1 N–H and O–H groups in total. The van der Waals surface area contributed by atoms with Crippen LogP contribution >= 0.6 is 11.6 Å². The summed E-state index contributed by atoms with van der Waals surface area (Å²) in [5.74, 6) is 0.954. The van der Waals surface area contributed by atoms with Gasteiger partial charge in [0.1, 0.15) is 5.75 Å². The quantitative estimate of drug-likeness (QED) is 0.933. The van der Waals surface area contributed by atoms with Gasteiger partial charge in [0.2, 0.25) is 0 Å². The summed E-state index contributed by atoms with van der Waals surface area (Å²) < 4.78 is 5.67. The van der Waals surface area contributed by atoms with Crippen molar-refractivity contribution in [1.82, 2.24) is 0 Å². The van der Waals surface area contributed by atoms with Gasteiger partial charge in [-0.05, 0) is 42.0 Å². The zero-order chi connectivity index (χ0) is 13.9. The van der Waals surface area contributed by atoms with Crippen LogP contribution in [0.1, 0.15) is 16.7 Å². The zero-order valence-electron chi connectivity index (χ0n) is 10.8. The number of hydrogen-bond acceptors (Lipinski definition) is 3. The van der Waals surface area contributed by atoms with E-state index >= 15 is 0 Å². The average molecular weight is 285 g/mol. The molecule has 1 aliphatic heterocycles. The molecule has 2 aromatic rings. The number of anilines is 1. The Balaban J connectivity index is 1.77. The van der Waals surface area contributed by atoms with Gasteiger partial charge in [0, 0.05) is 29.2 Å². The number of fused-ring (bicyclic) bond motifs is 1. The summed E-state index contributed by atoms with van der Waals surface area (Å²) in [6, 6.07) is 13.4. The van der Waals surface area contributed by atoms with Gasteiger partial charge in [-0.3, -0.25) is 0 Å². The third-order valence-electron chi connectivity index (χ3n) is 3.32. The number of nitrogens with zero attached hydrogens (tertiary/aromatic N) is 1. The predicted octanol–water partition coefficient (Wildman–Crippen LogP) is 3.76. The number of ether oxygens (including phenoxy) is 1. The highest BCUT2D eigenvalue weighted by Crippen LogP contribution is 2.33. The highest BCUT2D eigenvalue weighted by Gasteiger charge is 2.17. The molecule has 4 heteroatoms. The minimum Gasteiger partial charge on any atom is -0.493 e. The Bertz CT molecular complexity index is 674. The molecule has 0 radical (unpaired) electrons. The van der Waals surface area contributed by atoms with Crippen LogP contribution in [-0.4, -0.2) is 6.61 Å². The molecule has 0 spiro atoms. The molecule has 3 rings (SSSR count). The summed E-state index contributed by atoms with van der Waals surface area (Å²) in [4.78, 5) is 0. The Morgan fingerprint density at radius 3 is 2.80 bits per heavy atom. The fourth-order valence-electron chi connectivity index (χ4n) is 2.34. The maximum absolute atomic E-state index is 8.77. The van der Waals surface area contributed by atoms with Crippen LogP contribution in [-0.2, 0) is 13.0 Å². The summed E-state index contributed by atoms with van der Waals surface area (Å²) in [7, 11) is 0. The van der Waals surface area contributed by atoms with Crippen LogP contribution in [0, 0.1) is 11.3 Å². The van der Waals surface area contributed by atoms with Crippen LogP contribution in [0.15, 0.2) is 36.4 Å². The molecule has 0 fully saturated rings. The van der Waals surface area contributed by atoms with Gasteiger partial charge in [-0.15, -0.1) is 0 Å². The lowest BCUT2D eigenvalue weighted by Gasteiger charge is -2.11. The number of halogens is 1. The molecule has 3 nitrogen and oxygen atoms in total. The van der Waals surface area contributed by atoms with Gasteiger partial charge in [-0.1, -0.05) is 11.6 Å². The molecule has 0 unspecified atom stereocenters. The Morgan fingerprint density at radius 1 is 1.25 bits per heavy atom. The van der Waals surface area contributed by atoms with Crippen LogP contribution < -0.4 is 10.1 Å². The fraction of sp³-hybridized carbons (Fsp3) is 0.188. The molecule has 0 aromatic heterocycles. The van der Waals surface area contributed by atoms with Gasteiger partial charge in [0.15, 0.2) is 0 Å². The average Bonchev–Trinajstić information content (AvgIpc) is 2.93. The third-order valence-corrected chi connectivity index (χ3v) is 3.54. The lowest BCUT2D eigenvalue weighted by Crippen LogP contribution is -2.01. The number of rotatable bonds is 3. The van der Waals surface area contributed by atoms with Gasteiger partial charge in [-0.25, -0.2) is 0 Å². The maximum Gasteiger partial charge on any atom is 0.127 e. The van der Waals surface area contributed by atoms with Gasteiger partial charge >= 0.3 is 0 Å². The molecule has 1 heterocycles. The van der Waals surface area contributed by atoms with Crippen molar-refractivity contribution in [2.75, 3.05) is 11.9 Å². The summed E-state index contributed by atoms with van der Waals surface area (Å²) >= 11 is 6.13. The predicted molar refractivity (Wildman–Crippen MR) is 79.1 cm³/mol. The van der Waals surface area contributed by atoms with Crippen molar-refractivity contribution in [3.63, 3.8) is 0 Å². The smallest absolute Gasteiger partial charge is 0.127 e. The van der Waals surface area contributed by atoms with Crippen LogP contribution in [0.3, 0.4) is 0 Å².